The summed E-state index contributed by atoms with van der Waals surface area (Å²) in [6.07, 6.45) is 1.89. The van der Waals surface area contributed by atoms with Gasteiger partial charge in [0, 0.05) is 18.0 Å². The first-order chi connectivity index (χ1) is 14.6. The highest BCUT2D eigenvalue weighted by Crippen LogP contribution is 2.30. The summed E-state index contributed by atoms with van der Waals surface area (Å²) in [7, 11) is 1.61. The summed E-state index contributed by atoms with van der Waals surface area (Å²) in [5.74, 6) is -0.344. The van der Waals surface area contributed by atoms with E-state index in [4.69, 9.17) is 9.47 Å². The van der Waals surface area contributed by atoms with E-state index < -0.39 is 5.97 Å². The molecule has 0 unspecified atom stereocenters. The molecule has 1 N–H and O–H groups in total. The summed E-state index contributed by atoms with van der Waals surface area (Å²) < 4.78 is 10.4. The van der Waals surface area contributed by atoms with Crippen LogP contribution < -0.4 is 4.74 Å². The van der Waals surface area contributed by atoms with Crippen LogP contribution in [0.15, 0.2) is 60.7 Å². The van der Waals surface area contributed by atoms with Gasteiger partial charge in [0.1, 0.15) is 17.1 Å². The number of fused-ring (bicyclic) bond motifs is 1. The predicted molar refractivity (Wildman–Crippen MR) is 112 cm³/mol. The van der Waals surface area contributed by atoms with E-state index in [2.05, 4.69) is 0 Å². The zero-order chi connectivity index (χ0) is 21.1. The molecule has 0 atom stereocenters. The van der Waals surface area contributed by atoms with Crippen molar-refractivity contribution in [3.8, 4) is 11.5 Å². The third-order valence-electron chi connectivity index (χ3n) is 5.27. The number of hydrogen-bond acceptors (Lipinski definition) is 5. The predicted octanol–water partition coefficient (Wildman–Crippen LogP) is 3.90. The summed E-state index contributed by atoms with van der Waals surface area (Å²) in [6.45, 7) is 0.0873. The van der Waals surface area contributed by atoms with Crippen molar-refractivity contribution in [2.45, 2.75) is 25.4 Å². The first kappa shape index (κ1) is 19.8. The standard InChI is InChI=1S/C24H23NO5/c1-29-19-11-6-16(7-12-19)14-25(18-9-10-18)22(26)15-30-24(28)21-13-8-17-4-2-3-5-20(17)23(21)27/h2-8,11-13,18,27H,9-10,14-15H2,1H3. The van der Waals surface area contributed by atoms with Crippen LogP contribution in [0.1, 0.15) is 28.8 Å². The smallest absolute Gasteiger partial charge is 0.342 e. The van der Waals surface area contributed by atoms with Crippen molar-refractivity contribution in [1.82, 2.24) is 4.90 Å². The van der Waals surface area contributed by atoms with Gasteiger partial charge >= 0.3 is 5.97 Å². The molecule has 6 nitrogen and oxygen atoms in total. The molecule has 3 aromatic carbocycles. The van der Waals surface area contributed by atoms with E-state index in [9.17, 15) is 14.7 Å². The lowest BCUT2D eigenvalue weighted by molar-refractivity contribution is -0.135. The third-order valence-corrected chi connectivity index (χ3v) is 5.27. The number of aromatic hydroxyl groups is 1. The van der Waals surface area contributed by atoms with Crippen molar-refractivity contribution in [3.63, 3.8) is 0 Å². The Labute approximate surface area is 174 Å². The summed E-state index contributed by atoms with van der Waals surface area (Å²) in [5.41, 5.74) is 1.03. The van der Waals surface area contributed by atoms with Crippen LogP contribution in [-0.4, -0.2) is 41.6 Å². The van der Waals surface area contributed by atoms with Gasteiger partial charge in [-0.2, -0.15) is 0 Å². The first-order valence-corrected chi connectivity index (χ1v) is 9.87. The lowest BCUT2D eigenvalue weighted by Gasteiger charge is -2.22. The minimum Gasteiger partial charge on any atom is -0.506 e. The molecule has 1 aliphatic carbocycles. The largest absolute Gasteiger partial charge is 0.506 e. The number of amides is 1. The molecule has 154 valence electrons. The molecule has 0 aromatic heterocycles. The number of benzene rings is 3. The fraction of sp³-hybridized carbons (Fsp3) is 0.250. The van der Waals surface area contributed by atoms with E-state index in [0.29, 0.717) is 11.9 Å². The number of phenolic OH excluding ortho intramolecular Hbond substituents is 1. The molecule has 0 radical (unpaired) electrons. The SMILES string of the molecule is COc1ccc(CN(C(=O)COC(=O)c2ccc3ccccc3c2O)C2CC2)cc1. The van der Waals surface area contributed by atoms with Crippen molar-refractivity contribution in [2.24, 2.45) is 0 Å². The highest BCUT2D eigenvalue weighted by molar-refractivity contribution is 6.01. The molecular weight excluding hydrogens is 382 g/mol. The van der Waals surface area contributed by atoms with E-state index in [1.165, 1.54) is 6.07 Å². The lowest BCUT2D eigenvalue weighted by Crippen LogP contribution is -2.36. The second-order valence-electron chi connectivity index (χ2n) is 7.36. The van der Waals surface area contributed by atoms with Crippen molar-refractivity contribution >= 4 is 22.6 Å². The van der Waals surface area contributed by atoms with E-state index in [0.717, 1.165) is 29.5 Å². The molecule has 1 saturated carbocycles. The van der Waals surface area contributed by atoms with Gasteiger partial charge < -0.3 is 19.5 Å². The maximum absolute atomic E-state index is 12.7. The molecule has 1 fully saturated rings. The number of ether oxygens (including phenoxy) is 2. The maximum Gasteiger partial charge on any atom is 0.342 e. The average Bonchev–Trinajstić information content (AvgIpc) is 3.61. The molecule has 0 spiro atoms. The van der Waals surface area contributed by atoms with E-state index in [1.807, 2.05) is 36.4 Å². The van der Waals surface area contributed by atoms with Crippen molar-refractivity contribution in [2.75, 3.05) is 13.7 Å². The number of phenols is 1. The van der Waals surface area contributed by atoms with Crippen LogP contribution in [0.25, 0.3) is 10.8 Å². The summed E-state index contributed by atoms with van der Waals surface area (Å²) >= 11 is 0. The molecule has 1 aliphatic rings. The van der Waals surface area contributed by atoms with Crippen molar-refractivity contribution in [3.05, 3.63) is 71.8 Å². The molecule has 1 amide bonds. The monoisotopic (exact) mass is 405 g/mol. The van der Waals surface area contributed by atoms with Crippen LogP contribution in [-0.2, 0) is 16.1 Å². The molecule has 0 heterocycles. The van der Waals surface area contributed by atoms with Crippen LogP contribution in [0.4, 0.5) is 0 Å². The second-order valence-corrected chi connectivity index (χ2v) is 7.36. The fourth-order valence-electron chi connectivity index (χ4n) is 3.44. The van der Waals surface area contributed by atoms with Crippen LogP contribution in [0.2, 0.25) is 0 Å². The molecule has 4 rings (SSSR count). The Morgan fingerprint density at radius 3 is 2.47 bits per heavy atom. The Kier molecular flexibility index (Phi) is 5.57. The van der Waals surface area contributed by atoms with Gasteiger partial charge in [-0.3, -0.25) is 4.79 Å². The van der Waals surface area contributed by atoms with E-state index in [1.54, 1.807) is 30.2 Å². The maximum atomic E-state index is 12.7. The molecule has 0 aliphatic heterocycles. The van der Waals surface area contributed by atoms with Gasteiger partial charge in [-0.25, -0.2) is 4.79 Å². The zero-order valence-electron chi connectivity index (χ0n) is 16.7. The van der Waals surface area contributed by atoms with Crippen LogP contribution in [0.5, 0.6) is 11.5 Å². The van der Waals surface area contributed by atoms with Crippen LogP contribution in [0.3, 0.4) is 0 Å². The average molecular weight is 405 g/mol. The van der Waals surface area contributed by atoms with Gasteiger partial charge in [0.05, 0.1) is 7.11 Å². The van der Waals surface area contributed by atoms with Gasteiger partial charge in [0.25, 0.3) is 5.91 Å². The minimum absolute atomic E-state index is 0.0506. The lowest BCUT2D eigenvalue weighted by atomic mass is 10.1. The van der Waals surface area contributed by atoms with Gasteiger partial charge in [-0.1, -0.05) is 42.5 Å². The number of esters is 1. The Balaban J connectivity index is 1.42. The molecule has 30 heavy (non-hydrogen) atoms. The van der Waals surface area contributed by atoms with E-state index in [-0.39, 0.29) is 29.9 Å². The van der Waals surface area contributed by atoms with Gasteiger partial charge in [-0.05, 0) is 42.0 Å². The Bertz CT molecular complexity index is 1070. The second kappa shape index (κ2) is 8.45. The zero-order valence-corrected chi connectivity index (χ0v) is 16.7. The molecule has 0 bridgehead atoms. The number of carbonyl (C=O) groups excluding carboxylic acids is 2. The van der Waals surface area contributed by atoms with Gasteiger partial charge in [-0.15, -0.1) is 0 Å². The quantitative estimate of drug-likeness (QED) is 0.604. The number of hydrogen-bond donors (Lipinski definition) is 1. The highest BCUT2D eigenvalue weighted by atomic mass is 16.5. The first-order valence-electron chi connectivity index (χ1n) is 9.87. The summed E-state index contributed by atoms with van der Waals surface area (Å²) in [4.78, 5) is 27.0. The van der Waals surface area contributed by atoms with E-state index >= 15 is 0 Å². The molecule has 3 aromatic rings. The fourth-order valence-corrected chi connectivity index (χ4v) is 3.44. The Morgan fingerprint density at radius 1 is 1.03 bits per heavy atom. The Morgan fingerprint density at radius 2 is 1.77 bits per heavy atom. The number of carbonyl (C=O) groups is 2. The van der Waals surface area contributed by atoms with Gasteiger partial charge in [0.15, 0.2) is 6.61 Å². The van der Waals surface area contributed by atoms with Crippen LogP contribution in [0, 0.1) is 0 Å². The number of methoxy groups -OCH3 is 1. The van der Waals surface area contributed by atoms with Crippen molar-refractivity contribution < 1.29 is 24.2 Å². The van der Waals surface area contributed by atoms with Crippen LogP contribution >= 0.6 is 0 Å². The summed E-state index contributed by atoms with van der Waals surface area (Å²) in [6, 6.07) is 18.2. The Hall–Kier alpha value is -3.54. The molecule has 0 saturated heterocycles. The van der Waals surface area contributed by atoms with Crippen molar-refractivity contribution in [1.29, 1.82) is 0 Å². The molecule has 6 heteroatoms. The number of rotatable bonds is 7. The molecular formula is C24H23NO5. The third kappa shape index (κ3) is 4.22. The summed E-state index contributed by atoms with van der Waals surface area (Å²) in [5, 5.41) is 11.8. The number of nitrogens with zero attached hydrogens (tertiary/aromatic N) is 1. The minimum atomic E-state index is -0.716. The highest BCUT2D eigenvalue weighted by Gasteiger charge is 2.33. The normalized spacial score (nSPS) is 13.1. The topological polar surface area (TPSA) is 76.1 Å². The van der Waals surface area contributed by atoms with Gasteiger partial charge in [0.2, 0.25) is 0 Å².